The highest BCUT2D eigenvalue weighted by molar-refractivity contribution is 9.10. The Morgan fingerprint density at radius 1 is 1.32 bits per heavy atom. The first-order valence-electron chi connectivity index (χ1n) is 6.17. The lowest BCUT2D eigenvalue weighted by Gasteiger charge is -2.20. The second kappa shape index (κ2) is 6.77. The average Bonchev–Trinajstić information content (AvgIpc) is 2.38. The van der Waals surface area contributed by atoms with Crippen molar-refractivity contribution in [3.05, 3.63) is 22.2 Å². The van der Waals surface area contributed by atoms with E-state index >= 15 is 0 Å². The number of benzene rings is 1. The zero-order chi connectivity index (χ0) is 13.7. The number of hydrogen-bond donors (Lipinski definition) is 2. The molecule has 19 heavy (non-hydrogen) atoms. The Balaban J connectivity index is 1.88. The van der Waals surface area contributed by atoms with Crippen molar-refractivity contribution in [2.75, 3.05) is 19.8 Å². The van der Waals surface area contributed by atoms with Crippen molar-refractivity contribution < 1.29 is 19.4 Å². The largest absolute Gasteiger partial charge is 0.486 e. The van der Waals surface area contributed by atoms with Crippen LogP contribution in [0.1, 0.15) is 18.4 Å². The fourth-order valence-corrected chi connectivity index (χ4v) is 2.29. The molecule has 1 aromatic rings. The van der Waals surface area contributed by atoms with E-state index in [1.54, 1.807) is 0 Å². The monoisotopic (exact) mass is 329 g/mol. The molecule has 2 rings (SSSR count). The van der Waals surface area contributed by atoms with Crippen LogP contribution in [-0.2, 0) is 11.3 Å². The van der Waals surface area contributed by atoms with E-state index in [-0.39, 0.29) is 6.42 Å². The van der Waals surface area contributed by atoms with Gasteiger partial charge in [0.25, 0.3) is 0 Å². The summed E-state index contributed by atoms with van der Waals surface area (Å²) in [5, 5.41) is 11.8. The Bertz CT molecular complexity index is 464. The number of carboxylic acid groups (broad SMARTS) is 1. The molecule has 0 unspecified atom stereocenters. The quantitative estimate of drug-likeness (QED) is 0.783. The van der Waals surface area contributed by atoms with Crippen molar-refractivity contribution in [3.8, 4) is 11.5 Å². The molecule has 0 bridgehead atoms. The van der Waals surface area contributed by atoms with Gasteiger partial charge in [-0.3, -0.25) is 4.79 Å². The van der Waals surface area contributed by atoms with Gasteiger partial charge in [0, 0.05) is 17.4 Å². The smallest absolute Gasteiger partial charge is 0.303 e. The summed E-state index contributed by atoms with van der Waals surface area (Å²) in [5.41, 5.74) is 1.07. The number of rotatable bonds is 6. The van der Waals surface area contributed by atoms with Crippen LogP contribution in [0.2, 0.25) is 0 Å². The summed E-state index contributed by atoms with van der Waals surface area (Å²) in [5.74, 6) is 0.756. The van der Waals surface area contributed by atoms with Crippen LogP contribution < -0.4 is 14.8 Å². The second-order valence-corrected chi connectivity index (χ2v) is 5.12. The molecule has 104 valence electrons. The molecule has 0 aromatic heterocycles. The van der Waals surface area contributed by atoms with E-state index < -0.39 is 5.97 Å². The molecule has 1 heterocycles. The number of hydrogen-bond acceptors (Lipinski definition) is 4. The van der Waals surface area contributed by atoms with Gasteiger partial charge < -0.3 is 19.9 Å². The third kappa shape index (κ3) is 4.11. The van der Waals surface area contributed by atoms with E-state index in [0.29, 0.717) is 32.7 Å². The van der Waals surface area contributed by atoms with Crippen LogP contribution >= 0.6 is 15.9 Å². The van der Waals surface area contributed by atoms with Crippen molar-refractivity contribution in [2.45, 2.75) is 19.4 Å². The predicted octanol–water partition coefficient (Wildman–Crippen LogP) is 2.17. The molecule has 1 aromatic carbocycles. The summed E-state index contributed by atoms with van der Waals surface area (Å²) < 4.78 is 12.0. The number of fused-ring (bicyclic) bond motifs is 1. The van der Waals surface area contributed by atoms with Crippen LogP contribution in [0.5, 0.6) is 11.5 Å². The van der Waals surface area contributed by atoms with Gasteiger partial charge in [-0.25, -0.2) is 0 Å². The number of nitrogens with one attached hydrogen (secondary N) is 1. The van der Waals surface area contributed by atoms with Crippen LogP contribution in [0.15, 0.2) is 16.6 Å². The molecule has 0 aliphatic carbocycles. The SMILES string of the molecule is O=C(O)CCCNCc1cc2c(cc1Br)OCCO2. The maximum Gasteiger partial charge on any atom is 0.303 e. The third-order valence-electron chi connectivity index (χ3n) is 2.77. The molecule has 0 atom stereocenters. The Hall–Kier alpha value is -1.27. The molecule has 0 radical (unpaired) electrons. The lowest BCUT2D eigenvalue weighted by Crippen LogP contribution is -2.18. The number of aliphatic carboxylic acids is 1. The van der Waals surface area contributed by atoms with Gasteiger partial charge in [0.15, 0.2) is 11.5 Å². The molecule has 0 amide bonds. The van der Waals surface area contributed by atoms with Gasteiger partial charge in [0.1, 0.15) is 13.2 Å². The van der Waals surface area contributed by atoms with E-state index in [4.69, 9.17) is 14.6 Å². The zero-order valence-corrected chi connectivity index (χ0v) is 12.0. The first-order valence-corrected chi connectivity index (χ1v) is 6.96. The van der Waals surface area contributed by atoms with Gasteiger partial charge in [0.2, 0.25) is 0 Å². The summed E-state index contributed by atoms with van der Waals surface area (Å²) in [6, 6.07) is 3.85. The fraction of sp³-hybridized carbons (Fsp3) is 0.462. The van der Waals surface area contributed by atoms with Gasteiger partial charge in [0.05, 0.1) is 0 Å². The topological polar surface area (TPSA) is 67.8 Å². The van der Waals surface area contributed by atoms with Crippen LogP contribution in [0.25, 0.3) is 0 Å². The number of ether oxygens (including phenoxy) is 2. The second-order valence-electron chi connectivity index (χ2n) is 4.26. The van der Waals surface area contributed by atoms with Crippen molar-refractivity contribution in [1.29, 1.82) is 0 Å². The molecule has 0 fully saturated rings. The first-order chi connectivity index (χ1) is 9.16. The summed E-state index contributed by atoms with van der Waals surface area (Å²) in [7, 11) is 0. The molecular formula is C13H16BrNO4. The average molecular weight is 330 g/mol. The summed E-state index contributed by atoms with van der Waals surface area (Å²) in [4.78, 5) is 10.4. The van der Waals surface area contributed by atoms with Gasteiger partial charge in [-0.05, 0) is 30.7 Å². The van der Waals surface area contributed by atoms with Gasteiger partial charge in [-0.15, -0.1) is 0 Å². The van der Waals surface area contributed by atoms with E-state index in [9.17, 15) is 4.79 Å². The van der Waals surface area contributed by atoms with Crippen LogP contribution in [-0.4, -0.2) is 30.8 Å². The maximum atomic E-state index is 10.4. The van der Waals surface area contributed by atoms with Crippen molar-refractivity contribution in [2.24, 2.45) is 0 Å². The molecule has 5 nitrogen and oxygen atoms in total. The molecular weight excluding hydrogens is 314 g/mol. The lowest BCUT2D eigenvalue weighted by atomic mass is 10.2. The van der Waals surface area contributed by atoms with E-state index in [0.717, 1.165) is 21.5 Å². The molecule has 6 heteroatoms. The molecule has 0 saturated carbocycles. The Kier molecular flexibility index (Phi) is 5.04. The molecule has 1 aliphatic heterocycles. The van der Waals surface area contributed by atoms with Crippen LogP contribution in [0.4, 0.5) is 0 Å². The van der Waals surface area contributed by atoms with Gasteiger partial charge >= 0.3 is 5.97 Å². The number of carbonyl (C=O) groups is 1. The first kappa shape index (κ1) is 14.1. The molecule has 2 N–H and O–H groups in total. The predicted molar refractivity (Wildman–Crippen MR) is 73.7 cm³/mol. The van der Waals surface area contributed by atoms with Crippen LogP contribution in [0, 0.1) is 0 Å². The molecule has 0 spiro atoms. The normalized spacial score (nSPS) is 13.3. The van der Waals surface area contributed by atoms with E-state index in [2.05, 4.69) is 21.2 Å². The van der Waals surface area contributed by atoms with Crippen LogP contribution in [0.3, 0.4) is 0 Å². The van der Waals surface area contributed by atoms with Crippen molar-refractivity contribution in [1.82, 2.24) is 5.32 Å². The lowest BCUT2D eigenvalue weighted by molar-refractivity contribution is -0.137. The van der Waals surface area contributed by atoms with E-state index in [1.807, 2.05) is 12.1 Å². The summed E-state index contributed by atoms with van der Waals surface area (Å²) in [6.45, 7) is 2.48. The minimum Gasteiger partial charge on any atom is -0.486 e. The zero-order valence-electron chi connectivity index (χ0n) is 10.4. The van der Waals surface area contributed by atoms with E-state index in [1.165, 1.54) is 0 Å². The third-order valence-corrected chi connectivity index (χ3v) is 3.51. The highest BCUT2D eigenvalue weighted by Crippen LogP contribution is 2.35. The Labute approximate surface area is 120 Å². The molecule has 0 saturated heterocycles. The number of halogens is 1. The highest BCUT2D eigenvalue weighted by atomic mass is 79.9. The highest BCUT2D eigenvalue weighted by Gasteiger charge is 2.14. The standard InChI is InChI=1S/C13H16BrNO4/c14-10-7-12-11(18-4-5-19-12)6-9(10)8-15-3-1-2-13(16)17/h6-7,15H,1-5,8H2,(H,16,17). The van der Waals surface area contributed by atoms with Gasteiger partial charge in [-0.2, -0.15) is 0 Å². The fourth-order valence-electron chi connectivity index (χ4n) is 1.83. The summed E-state index contributed by atoms with van der Waals surface area (Å²) in [6.07, 6.45) is 0.812. The van der Waals surface area contributed by atoms with Gasteiger partial charge in [-0.1, -0.05) is 15.9 Å². The minimum absolute atomic E-state index is 0.190. The van der Waals surface area contributed by atoms with Crippen molar-refractivity contribution >= 4 is 21.9 Å². The van der Waals surface area contributed by atoms with Crippen molar-refractivity contribution in [3.63, 3.8) is 0 Å². The minimum atomic E-state index is -0.762. The Morgan fingerprint density at radius 2 is 2.00 bits per heavy atom. The molecule has 1 aliphatic rings. The maximum absolute atomic E-state index is 10.4. The summed E-state index contributed by atoms with van der Waals surface area (Å²) >= 11 is 3.50. The number of carboxylic acids is 1. The Morgan fingerprint density at radius 3 is 2.68 bits per heavy atom.